The summed E-state index contributed by atoms with van der Waals surface area (Å²) in [5.74, 6) is 0.531. The molecule has 1 aliphatic rings. The average Bonchev–Trinajstić information content (AvgIpc) is 2.90. The fraction of sp³-hybridized carbons (Fsp3) is 0.389. The summed E-state index contributed by atoms with van der Waals surface area (Å²) in [6.45, 7) is 5.43. The molecule has 3 rings (SSSR count). The predicted molar refractivity (Wildman–Crippen MR) is 92.8 cm³/mol. The lowest BCUT2D eigenvalue weighted by Crippen LogP contribution is -2.34. The highest BCUT2D eigenvalue weighted by atomic mass is 16.2. The van der Waals surface area contributed by atoms with Gasteiger partial charge in [-0.1, -0.05) is 35.9 Å². The van der Waals surface area contributed by atoms with E-state index in [4.69, 9.17) is 11.0 Å². The number of fused-ring (bicyclic) bond motifs is 1. The predicted octanol–water partition coefficient (Wildman–Crippen LogP) is 2.28. The molecule has 2 heterocycles. The number of anilines is 1. The van der Waals surface area contributed by atoms with Crippen LogP contribution in [0.25, 0.3) is 0 Å². The molecule has 126 valence electrons. The molecule has 2 N–H and O–H groups in total. The van der Waals surface area contributed by atoms with Gasteiger partial charge in [-0.2, -0.15) is 10.4 Å². The van der Waals surface area contributed by atoms with Crippen molar-refractivity contribution in [1.29, 1.82) is 5.26 Å². The van der Waals surface area contributed by atoms with Gasteiger partial charge in [-0.25, -0.2) is 0 Å². The number of aromatic nitrogens is 2. The summed E-state index contributed by atoms with van der Waals surface area (Å²) >= 11 is 0. The van der Waals surface area contributed by atoms with E-state index in [-0.39, 0.29) is 5.91 Å². The number of hydrogen-bond donors (Lipinski definition) is 1. The molecule has 1 aromatic heterocycles. The first-order valence-electron chi connectivity index (χ1n) is 8.01. The Balaban J connectivity index is 0.000000249. The first kappa shape index (κ1) is 17.5. The Morgan fingerprint density at radius 3 is 2.62 bits per heavy atom. The largest absolute Gasteiger partial charge is 0.382 e. The Hall–Kier alpha value is -2.81. The van der Waals surface area contributed by atoms with Crippen LogP contribution in [0, 0.1) is 18.3 Å². The fourth-order valence-corrected chi connectivity index (χ4v) is 2.66. The number of amides is 1. The second-order valence-electron chi connectivity index (χ2n) is 5.79. The van der Waals surface area contributed by atoms with E-state index in [0.29, 0.717) is 31.9 Å². The Bertz CT molecular complexity index is 730. The van der Waals surface area contributed by atoms with Crippen molar-refractivity contribution in [2.24, 2.45) is 0 Å². The molecule has 0 bridgehead atoms. The molecule has 0 aliphatic carbocycles. The second kappa shape index (κ2) is 8.16. The van der Waals surface area contributed by atoms with E-state index < -0.39 is 0 Å². The maximum Gasteiger partial charge on any atom is 0.219 e. The van der Waals surface area contributed by atoms with Gasteiger partial charge in [-0.15, -0.1) is 0 Å². The van der Waals surface area contributed by atoms with Crippen molar-refractivity contribution in [2.75, 3.05) is 12.3 Å². The Morgan fingerprint density at radius 2 is 2.08 bits per heavy atom. The number of nitrogens with zero attached hydrogens (tertiary/aromatic N) is 4. The quantitative estimate of drug-likeness (QED) is 0.917. The van der Waals surface area contributed by atoms with Gasteiger partial charge in [0.15, 0.2) is 5.82 Å². The van der Waals surface area contributed by atoms with Crippen LogP contribution in [-0.4, -0.2) is 27.1 Å². The van der Waals surface area contributed by atoms with E-state index in [1.165, 1.54) is 5.56 Å². The van der Waals surface area contributed by atoms with Crippen molar-refractivity contribution < 1.29 is 4.79 Å². The number of nitriles is 1. The highest BCUT2D eigenvalue weighted by molar-refractivity contribution is 5.73. The van der Waals surface area contributed by atoms with Crippen molar-refractivity contribution in [3.8, 4) is 6.07 Å². The van der Waals surface area contributed by atoms with Gasteiger partial charge in [0.25, 0.3) is 0 Å². The minimum atomic E-state index is 0.0554. The Kier molecular flexibility index (Phi) is 5.96. The molecule has 1 amide bonds. The molecule has 0 saturated carbocycles. The molecule has 0 unspecified atom stereocenters. The Labute approximate surface area is 142 Å². The zero-order valence-corrected chi connectivity index (χ0v) is 14.2. The summed E-state index contributed by atoms with van der Waals surface area (Å²) < 4.78 is 1.80. The lowest BCUT2D eigenvalue weighted by molar-refractivity contribution is -0.129. The van der Waals surface area contributed by atoms with E-state index in [1.807, 2.05) is 18.2 Å². The van der Waals surface area contributed by atoms with E-state index in [1.54, 1.807) is 16.5 Å². The monoisotopic (exact) mass is 325 g/mol. The van der Waals surface area contributed by atoms with Gasteiger partial charge in [0.2, 0.25) is 5.91 Å². The molecule has 6 heteroatoms. The highest BCUT2D eigenvalue weighted by Crippen LogP contribution is 2.24. The first-order chi connectivity index (χ1) is 11.5. The third kappa shape index (κ3) is 4.35. The minimum Gasteiger partial charge on any atom is -0.382 e. The number of hydrogen-bond acceptors (Lipinski definition) is 4. The summed E-state index contributed by atoms with van der Waals surface area (Å²) in [6.07, 6.45) is 1.18. The number of nitrogens with two attached hydrogens (primary N) is 1. The molecule has 1 aliphatic heterocycles. The average molecular weight is 325 g/mol. The van der Waals surface area contributed by atoms with Crippen molar-refractivity contribution in [2.45, 2.75) is 39.8 Å². The zero-order valence-electron chi connectivity index (χ0n) is 14.2. The van der Waals surface area contributed by atoms with Crippen molar-refractivity contribution in [3.63, 3.8) is 0 Å². The summed E-state index contributed by atoms with van der Waals surface area (Å²) in [5, 5.41) is 12.8. The van der Waals surface area contributed by atoms with Gasteiger partial charge in [-0.05, 0) is 6.92 Å². The van der Waals surface area contributed by atoms with Crippen molar-refractivity contribution >= 4 is 11.7 Å². The van der Waals surface area contributed by atoms with Gasteiger partial charge >= 0.3 is 0 Å². The number of carbonyl (C=O) groups is 1. The molecule has 0 atom stereocenters. The number of rotatable bonds is 2. The van der Waals surface area contributed by atoms with Crippen LogP contribution in [0.3, 0.4) is 0 Å². The van der Waals surface area contributed by atoms with Crippen LogP contribution in [0.2, 0.25) is 0 Å². The molecule has 1 aromatic carbocycles. The van der Waals surface area contributed by atoms with E-state index >= 15 is 0 Å². The zero-order chi connectivity index (χ0) is 17.5. The Morgan fingerprint density at radius 1 is 1.38 bits per heavy atom. The molecule has 24 heavy (non-hydrogen) atoms. The van der Waals surface area contributed by atoms with Gasteiger partial charge in [0.05, 0.1) is 25.6 Å². The molecule has 6 nitrogen and oxygen atoms in total. The van der Waals surface area contributed by atoms with Gasteiger partial charge in [0, 0.05) is 31.1 Å². The SMILES string of the molecule is CC(=O)N1CCc2c(c(N)nn2CCC#N)C1.Cc1ccccc1. The summed E-state index contributed by atoms with van der Waals surface area (Å²) in [5.41, 5.74) is 9.16. The molecule has 0 fully saturated rings. The van der Waals surface area contributed by atoms with Crippen LogP contribution in [0.1, 0.15) is 30.2 Å². The van der Waals surface area contributed by atoms with Crippen molar-refractivity contribution in [1.82, 2.24) is 14.7 Å². The normalized spacial score (nSPS) is 12.6. The van der Waals surface area contributed by atoms with E-state index in [2.05, 4.69) is 30.2 Å². The van der Waals surface area contributed by atoms with Crippen LogP contribution < -0.4 is 5.73 Å². The topological polar surface area (TPSA) is 87.9 Å². The third-order valence-electron chi connectivity index (χ3n) is 3.99. The van der Waals surface area contributed by atoms with Crippen LogP contribution in [0.4, 0.5) is 5.82 Å². The minimum absolute atomic E-state index is 0.0554. The molecular formula is C18H23N5O. The van der Waals surface area contributed by atoms with E-state index in [0.717, 1.165) is 17.7 Å². The van der Waals surface area contributed by atoms with Crippen LogP contribution in [0.15, 0.2) is 30.3 Å². The smallest absolute Gasteiger partial charge is 0.219 e. The maximum absolute atomic E-state index is 11.3. The summed E-state index contributed by atoms with van der Waals surface area (Å²) in [7, 11) is 0. The van der Waals surface area contributed by atoms with Crippen LogP contribution in [0.5, 0.6) is 0 Å². The van der Waals surface area contributed by atoms with Crippen LogP contribution in [-0.2, 0) is 24.3 Å². The second-order valence-corrected chi connectivity index (χ2v) is 5.79. The van der Waals surface area contributed by atoms with E-state index in [9.17, 15) is 4.79 Å². The van der Waals surface area contributed by atoms with Gasteiger partial charge in [-0.3, -0.25) is 9.48 Å². The molecule has 0 saturated heterocycles. The highest BCUT2D eigenvalue weighted by Gasteiger charge is 2.24. The lowest BCUT2D eigenvalue weighted by atomic mass is 10.1. The number of nitrogen functional groups attached to an aromatic ring is 1. The summed E-state index contributed by atoms with van der Waals surface area (Å²) in [6, 6.07) is 12.4. The fourth-order valence-electron chi connectivity index (χ4n) is 2.66. The van der Waals surface area contributed by atoms with Gasteiger partial charge < -0.3 is 10.6 Å². The molecule has 0 radical (unpaired) electrons. The number of benzene rings is 1. The third-order valence-corrected chi connectivity index (χ3v) is 3.99. The maximum atomic E-state index is 11.3. The van der Waals surface area contributed by atoms with Gasteiger partial charge in [0.1, 0.15) is 0 Å². The molecular weight excluding hydrogens is 302 g/mol. The summed E-state index contributed by atoms with van der Waals surface area (Å²) in [4.78, 5) is 13.1. The lowest BCUT2D eigenvalue weighted by Gasteiger charge is -2.26. The standard InChI is InChI=1S/C11H15N5O.C7H8/c1-8(17)15-6-3-10-9(7-15)11(13)14-16(10)5-2-4-12;1-7-5-3-2-4-6-7/h2-3,5-7H2,1H3,(H2,13,14);2-6H,1H3. The first-order valence-corrected chi connectivity index (χ1v) is 8.01. The molecule has 2 aromatic rings. The van der Waals surface area contributed by atoms with Crippen LogP contribution >= 0.6 is 0 Å². The van der Waals surface area contributed by atoms with Crippen molar-refractivity contribution in [3.05, 3.63) is 47.2 Å². The number of aryl methyl sites for hydroxylation is 2. The molecule has 0 spiro atoms. The number of carbonyl (C=O) groups excluding carboxylic acids is 1.